The number of carbonyl (C=O) groups excluding carboxylic acids is 1. The van der Waals surface area contributed by atoms with Crippen molar-refractivity contribution < 1.29 is 9.53 Å². The summed E-state index contributed by atoms with van der Waals surface area (Å²) in [5, 5.41) is 3.17. The third-order valence-corrected chi connectivity index (χ3v) is 2.61. The minimum atomic E-state index is -0.0184. The van der Waals surface area contributed by atoms with Crippen LogP contribution in [0.4, 0.5) is 5.69 Å². The Kier molecular flexibility index (Phi) is 6.14. The van der Waals surface area contributed by atoms with E-state index in [2.05, 4.69) is 10.3 Å². The Balaban J connectivity index is 2.70. The number of ether oxygens (including phenoxy) is 1. The van der Waals surface area contributed by atoms with Gasteiger partial charge in [0.1, 0.15) is 0 Å². The first-order valence-corrected chi connectivity index (χ1v) is 6.13. The number of hydrogen-bond donors (Lipinski definition) is 1. The van der Waals surface area contributed by atoms with Gasteiger partial charge in [0.15, 0.2) is 0 Å². The van der Waals surface area contributed by atoms with Crippen molar-refractivity contribution in [2.75, 3.05) is 39.2 Å². The minimum Gasteiger partial charge on any atom is -0.385 e. The van der Waals surface area contributed by atoms with Crippen molar-refractivity contribution in [2.45, 2.75) is 13.3 Å². The molecule has 1 N–H and O–H groups in total. The molecule has 0 aliphatic heterocycles. The molecule has 5 nitrogen and oxygen atoms in total. The molecule has 0 aliphatic carbocycles. The van der Waals surface area contributed by atoms with Crippen molar-refractivity contribution in [2.24, 2.45) is 0 Å². The molecule has 0 atom stereocenters. The van der Waals surface area contributed by atoms with Gasteiger partial charge < -0.3 is 15.0 Å². The molecule has 1 rings (SSSR count). The average Bonchev–Trinajstić information content (AvgIpc) is 2.39. The molecule has 0 aliphatic rings. The van der Waals surface area contributed by atoms with Gasteiger partial charge in [-0.25, -0.2) is 0 Å². The quantitative estimate of drug-likeness (QED) is 0.748. The lowest BCUT2D eigenvalue weighted by atomic mass is 10.2. The van der Waals surface area contributed by atoms with Crippen LogP contribution in [0.25, 0.3) is 0 Å². The lowest BCUT2D eigenvalue weighted by Gasteiger charge is -2.18. The first-order chi connectivity index (χ1) is 8.70. The monoisotopic (exact) mass is 251 g/mol. The van der Waals surface area contributed by atoms with Crippen LogP contribution in [0.3, 0.4) is 0 Å². The molecule has 1 aromatic rings. The zero-order valence-corrected chi connectivity index (χ0v) is 11.3. The van der Waals surface area contributed by atoms with Gasteiger partial charge in [-0.3, -0.25) is 9.78 Å². The van der Waals surface area contributed by atoms with Crippen LogP contribution in [0.15, 0.2) is 18.5 Å². The molecule has 0 aromatic carbocycles. The van der Waals surface area contributed by atoms with E-state index >= 15 is 0 Å². The second-order valence-corrected chi connectivity index (χ2v) is 4.02. The van der Waals surface area contributed by atoms with Crippen LogP contribution in [-0.4, -0.2) is 49.6 Å². The molecule has 18 heavy (non-hydrogen) atoms. The van der Waals surface area contributed by atoms with Crippen LogP contribution in [-0.2, 0) is 4.74 Å². The summed E-state index contributed by atoms with van der Waals surface area (Å²) in [5.41, 5.74) is 1.44. The molecular formula is C13H21N3O2. The first-order valence-electron chi connectivity index (χ1n) is 6.13. The molecular weight excluding hydrogens is 230 g/mol. The lowest BCUT2D eigenvalue weighted by molar-refractivity contribution is 0.0780. The van der Waals surface area contributed by atoms with Crippen LogP contribution >= 0.6 is 0 Å². The van der Waals surface area contributed by atoms with Gasteiger partial charge in [0.25, 0.3) is 5.91 Å². The highest BCUT2D eigenvalue weighted by Crippen LogP contribution is 2.15. The zero-order chi connectivity index (χ0) is 13.4. The molecule has 100 valence electrons. The number of nitrogens with zero attached hydrogens (tertiary/aromatic N) is 2. The molecule has 1 heterocycles. The fraction of sp³-hybridized carbons (Fsp3) is 0.538. The van der Waals surface area contributed by atoms with E-state index < -0.39 is 0 Å². The maximum Gasteiger partial charge on any atom is 0.257 e. The molecule has 0 bridgehead atoms. The molecule has 0 spiro atoms. The molecule has 0 unspecified atom stereocenters. The Hall–Kier alpha value is -1.62. The van der Waals surface area contributed by atoms with Gasteiger partial charge in [-0.05, 0) is 19.4 Å². The number of carbonyl (C=O) groups is 1. The van der Waals surface area contributed by atoms with E-state index in [0.717, 1.165) is 18.7 Å². The lowest BCUT2D eigenvalue weighted by Crippen LogP contribution is -2.29. The molecule has 0 radical (unpaired) electrons. The summed E-state index contributed by atoms with van der Waals surface area (Å²) >= 11 is 0. The van der Waals surface area contributed by atoms with Gasteiger partial charge >= 0.3 is 0 Å². The third kappa shape index (κ3) is 4.00. The Morgan fingerprint density at radius 2 is 2.33 bits per heavy atom. The normalized spacial score (nSPS) is 10.2. The maximum atomic E-state index is 12.2. The molecule has 1 aromatic heterocycles. The summed E-state index contributed by atoms with van der Waals surface area (Å²) in [6.45, 7) is 4.10. The number of methoxy groups -OCH3 is 1. The number of amides is 1. The van der Waals surface area contributed by atoms with Gasteiger partial charge in [0, 0.05) is 46.2 Å². The van der Waals surface area contributed by atoms with Crippen molar-refractivity contribution in [1.82, 2.24) is 9.88 Å². The second kappa shape index (κ2) is 7.66. The van der Waals surface area contributed by atoms with Crippen LogP contribution < -0.4 is 5.32 Å². The summed E-state index contributed by atoms with van der Waals surface area (Å²) < 4.78 is 4.98. The Labute approximate surface area is 108 Å². The van der Waals surface area contributed by atoms with Crippen molar-refractivity contribution >= 4 is 11.6 Å². The highest BCUT2D eigenvalue weighted by molar-refractivity contribution is 5.99. The molecule has 0 saturated carbocycles. The van der Waals surface area contributed by atoms with E-state index in [0.29, 0.717) is 18.7 Å². The van der Waals surface area contributed by atoms with E-state index in [1.165, 1.54) is 0 Å². The smallest absolute Gasteiger partial charge is 0.257 e. The van der Waals surface area contributed by atoms with E-state index in [4.69, 9.17) is 4.74 Å². The highest BCUT2D eigenvalue weighted by Gasteiger charge is 2.15. The van der Waals surface area contributed by atoms with Crippen molar-refractivity contribution in [3.05, 3.63) is 24.0 Å². The van der Waals surface area contributed by atoms with Gasteiger partial charge in [0.2, 0.25) is 0 Å². The third-order valence-electron chi connectivity index (χ3n) is 2.61. The van der Waals surface area contributed by atoms with Crippen molar-refractivity contribution in [1.29, 1.82) is 0 Å². The Morgan fingerprint density at radius 3 is 3.00 bits per heavy atom. The topological polar surface area (TPSA) is 54.5 Å². The summed E-state index contributed by atoms with van der Waals surface area (Å²) in [5.74, 6) is -0.0184. The highest BCUT2D eigenvalue weighted by atomic mass is 16.5. The number of rotatable bonds is 7. The van der Waals surface area contributed by atoms with E-state index in [9.17, 15) is 4.79 Å². The Bertz CT molecular complexity index is 382. The fourth-order valence-corrected chi connectivity index (χ4v) is 1.66. The van der Waals surface area contributed by atoms with Gasteiger partial charge in [-0.1, -0.05) is 0 Å². The van der Waals surface area contributed by atoms with Crippen LogP contribution in [0.1, 0.15) is 23.7 Å². The molecule has 0 fully saturated rings. The Morgan fingerprint density at radius 1 is 1.56 bits per heavy atom. The summed E-state index contributed by atoms with van der Waals surface area (Å²) in [4.78, 5) is 17.9. The first kappa shape index (κ1) is 14.4. The van der Waals surface area contributed by atoms with Crippen molar-refractivity contribution in [3.63, 3.8) is 0 Å². The number of hydrogen-bond acceptors (Lipinski definition) is 4. The van der Waals surface area contributed by atoms with Crippen LogP contribution in [0.2, 0.25) is 0 Å². The standard InChI is InChI=1S/C13H21N3O2/c1-4-15-12-6-7-14-10-11(12)13(17)16(2)8-5-9-18-3/h6-7,10H,4-5,8-9H2,1-3H3,(H,14,15). The average molecular weight is 251 g/mol. The largest absolute Gasteiger partial charge is 0.385 e. The molecule has 1 amide bonds. The van der Waals surface area contributed by atoms with Gasteiger partial charge in [0.05, 0.1) is 11.3 Å². The number of anilines is 1. The summed E-state index contributed by atoms with van der Waals surface area (Å²) in [6.07, 6.45) is 4.11. The number of pyridine rings is 1. The van der Waals surface area contributed by atoms with Gasteiger partial charge in [-0.2, -0.15) is 0 Å². The van der Waals surface area contributed by atoms with Crippen LogP contribution in [0.5, 0.6) is 0 Å². The predicted octanol–water partition coefficient (Wildman–Crippen LogP) is 1.62. The number of aromatic nitrogens is 1. The number of nitrogens with one attached hydrogen (secondary N) is 1. The predicted molar refractivity (Wildman–Crippen MR) is 71.9 cm³/mol. The zero-order valence-electron chi connectivity index (χ0n) is 11.3. The SMILES string of the molecule is CCNc1ccncc1C(=O)N(C)CCCOC. The van der Waals surface area contributed by atoms with E-state index in [1.807, 2.05) is 13.0 Å². The maximum absolute atomic E-state index is 12.2. The fourth-order valence-electron chi connectivity index (χ4n) is 1.66. The van der Waals surface area contributed by atoms with Crippen LogP contribution in [0, 0.1) is 0 Å². The molecule has 5 heteroatoms. The summed E-state index contributed by atoms with van der Waals surface area (Å²) in [6, 6.07) is 1.82. The van der Waals surface area contributed by atoms with E-state index in [-0.39, 0.29) is 5.91 Å². The summed E-state index contributed by atoms with van der Waals surface area (Å²) in [7, 11) is 3.45. The van der Waals surface area contributed by atoms with E-state index in [1.54, 1.807) is 31.5 Å². The molecule has 0 saturated heterocycles. The minimum absolute atomic E-state index is 0.0184. The van der Waals surface area contributed by atoms with Gasteiger partial charge in [-0.15, -0.1) is 0 Å². The van der Waals surface area contributed by atoms with Crippen molar-refractivity contribution in [3.8, 4) is 0 Å². The second-order valence-electron chi connectivity index (χ2n) is 4.02.